The van der Waals surface area contributed by atoms with Gasteiger partial charge in [0.15, 0.2) is 0 Å². The summed E-state index contributed by atoms with van der Waals surface area (Å²) in [5.41, 5.74) is 1.22. The Morgan fingerprint density at radius 3 is 2.39 bits per heavy atom. The van der Waals surface area contributed by atoms with Crippen molar-refractivity contribution in [2.24, 2.45) is 0 Å². The molecule has 1 aliphatic rings. The van der Waals surface area contributed by atoms with Crippen LogP contribution < -0.4 is 15.0 Å². The van der Waals surface area contributed by atoms with Crippen LogP contribution in [-0.4, -0.2) is 30.9 Å². The SMILES string of the molecule is COC(=O)c1ccc(N2C(=O)NC(=O)/C(=C\c3cc(Br)ccc3OCc3ccc(F)cc3)C2=O)cc1. The van der Waals surface area contributed by atoms with Crippen molar-refractivity contribution in [3.05, 3.63) is 99.3 Å². The van der Waals surface area contributed by atoms with Crippen molar-refractivity contribution < 1.29 is 33.0 Å². The zero-order valence-electron chi connectivity index (χ0n) is 18.8. The van der Waals surface area contributed by atoms with E-state index in [1.165, 1.54) is 49.6 Å². The molecule has 1 saturated heterocycles. The molecule has 0 aromatic heterocycles. The molecule has 1 aliphatic heterocycles. The maximum absolute atomic E-state index is 13.2. The van der Waals surface area contributed by atoms with Gasteiger partial charge in [-0.05, 0) is 66.2 Å². The van der Waals surface area contributed by atoms with Gasteiger partial charge in [0.1, 0.15) is 23.7 Å². The van der Waals surface area contributed by atoms with Crippen LogP contribution in [0.5, 0.6) is 5.75 Å². The number of methoxy groups -OCH3 is 1. The number of nitrogens with zero attached hydrogens (tertiary/aromatic N) is 1. The van der Waals surface area contributed by atoms with Crippen molar-refractivity contribution in [3.8, 4) is 5.75 Å². The number of imide groups is 2. The maximum atomic E-state index is 13.2. The van der Waals surface area contributed by atoms with E-state index in [-0.39, 0.29) is 29.2 Å². The van der Waals surface area contributed by atoms with Crippen LogP contribution in [0.4, 0.5) is 14.9 Å². The molecule has 0 unspecified atom stereocenters. The molecule has 36 heavy (non-hydrogen) atoms. The van der Waals surface area contributed by atoms with Crippen LogP contribution >= 0.6 is 15.9 Å². The van der Waals surface area contributed by atoms with Crippen molar-refractivity contribution in [2.45, 2.75) is 6.61 Å². The molecule has 182 valence electrons. The van der Waals surface area contributed by atoms with Crippen LogP contribution in [0.1, 0.15) is 21.5 Å². The molecule has 0 radical (unpaired) electrons. The second-order valence-electron chi connectivity index (χ2n) is 7.59. The Morgan fingerprint density at radius 1 is 1.03 bits per heavy atom. The van der Waals surface area contributed by atoms with Gasteiger partial charge in [-0.2, -0.15) is 0 Å². The van der Waals surface area contributed by atoms with Crippen molar-refractivity contribution >= 4 is 51.5 Å². The zero-order chi connectivity index (χ0) is 25.8. The number of hydrogen-bond donors (Lipinski definition) is 1. The van der Waals surface area contributed by atoms with E-state index in [0.717, 1.165) is 10.5 Å². The Labute approximate surface area is 213 Å². The topological polar surface area (TPSA) is 102 Å². The smallest absolute Gasteiger partial charge is 0.337 e. The number of hydrogen-bond acceptors (Lipinski definition) is 6. The quantitative estimate of drug-likeness (QED) is 0.272. The number of esters is 1. The Bertz CT molecular complexity index is 1390. The molecule has 3 aromatic carbocycles. The Kier molecular flexibility index (Phi) is 7.25. The minimum absolute atomic E-state index is 0.120. The fourth-order valence-corrected chi connectivity index (χ4v) is 3.80. The van der Waals surface area contributed by atoms with Crippen molar-refractivity contribution in [1.82, 2.24) is 5.32 Å². The summed E-state index contributed by atoms with van der Waals surface area (Å²) in [7, 11) is 1.24. The zero-order valence-corrected chi connectivity index (χ0v) is 20.4. The molecule has 0 spiro atoms. The van der Waals surface area contributed by atoms with Gasteiger partial charge in [0.25, 0.3) is 11.8 Å². The number of carbonyl (C=O) groups is 4. The molecule has 0 aliphatic carbocycles. The van der Waals surface area contributed by atoms with Gasteiger partial charge < -0.3 is 9.47 Å². The molecule has 0 saturated carbocycles. The number of amides is 4. The maximum Gasteiger partial charge on any atom is 0.337 e. The van der Waals surface area contributed by atoms with Gasteiger partial charge in [0.05, 0.1) is 18.4 Å². The van der Waals surface area contributed by atoms with Gasteiger partial charge in [-0.1, -0.05) is 28.1 Å². The van der Waals surface area contributed by atoms with Gasteiger partial charge in [0.2, 0.25) is 0 Å². The molecule has 8 nitrogen and oxygen atoms in total. The lowest BCUT2D eigenvalue weighted by atomic mass is 10.1. The van der Waals surface area contributed by atoms with Gasteiger partial charge in [-0.3, -0.25) is 14.9 Å². The molecule has 0 atom stereocenters. The van der Waals surface area contributed by atoms with Gasteiger partial charge in [-0.25, -0.2) is 18.9 Å². The predicted octanol–water partition coefficient (Wildman–Crippen LogP) is 4.62. The van der Waals surface area contributed by atoms with E-state index in [1.54, 1.807) is 30.3 Å². The van der Waals surface area contributed by atoms with Gasteiger partial charge >= 0.3 is 12.0 Å². The lowest BCUT2D eigenvalue weighted by Crippen LogP contribution is -2.54. The van der Waals surface area contributed by atoms with Crippen LogP contribution in [0.25, 0.3) is 6.08 Å². The molecular formula is C26H18BrFN2O6. The molecule has 1 N–H and O–H groups in total. The third kappa shape index (κ3) is 5.33. The van der Waals surface area contributed by atoms with Crippen LogP contribution in [0.3, 0.4) is 0 Å². The second-order valence-corrected chi connectivity index (χ2v) is 8.51. The summed E-state index contributed by atoms with van der Waals surface area (Å²) in [5.74, 6) is -2.29. The van der Waals surface area contributed by atoms with Crippen molar-refractivity contribution in [1.29, 1.82) is 0 Å². The number of urea groups is 1. The number of rotatable bonds is 6. The number of halogens is 2. The van der Waals surface area contributed by atoms with Crippen LogP contribution in [0.15, 0.2) is 76.8 Å². The lowest BCUT2D eigenvalue weighted by Gasteiger charge is -2.26. The highest BCUT2D eigenvalue weighted by Crippen LogP contribution is 2.29. The number of anilines is 1. The third-order valence-electron chi connectivity index (χ3n) is 5.23. The average molecular weight is 553 g/mol. The molecule has 10 heteroatoms. The van der Waals surface area contributed by atoms with Crippen LogP contribution in [-0.2, 0) is 20.9 Å². The highest BCUT2D eigenvalue weighted by Gasteiger charge is 2.37. The number of ether oxygens (including phenoxy) is 2. The first kappa shape index (κ1) is 24.8. The third-order valence-corrected chi connectivity index (χ3v) is 5.72. The monoisotopic (exact) mass is 552 g/mol. The highest BCUT2D eigenvalue weighted by atomic mass is 79.9. The number of barbiturate groups is 1. The van der Waals surface area contributed by atoms with E-state index < -0.39 is 23.8 Å². The van der Waals surface area contributed by atoms with Gasteiger partial charge in [-0.15, -0.1) is 0 Å². The summed E-state index contributed by atoms with van der Waals surface area (Å²) in [6.45, 7) is 0.120. The average Bonchev–Trinajstić information content (AvgIpc) is 2.87. The summed E-state index contributed by atoms with van der Waals surface area (Å²) in [5, 5.41) is 2.15. The van der Waals surface area contributed by atoms with E-state index in [2.05, 4.69) is 26.0 Å². The van der Waals surface area contributed by atoms with E-state index in [1.807, 2.05) is 0 Å². The first-order valence-electron chi connectivity index (χ1n) is 10.5. The van der Waals surface area contributed by atoms with E-state index >= 15 is 0 Å². The molecule has 3 aromatic rings. The predicted molar refractivity (Wildman–Crippen MR) is 132 cm³/mol. The van der Waals surface area contributed by atoms with Gasteiger partial charge in [0, 0.05) is 10.0 Å². The molecule has 1 fully saturated rings. The molecular weight excluding hydrogens is 535 g/mol. The summed E-state index contributed by atoms with van der Waals surface area (Å²) in [6.07, 6.45) is 1.32. The summed E-state index contributed by atoms with van der Waals surface area (Å²) in [6, 6.07) is 15.5. The Hall–Kier alpha value is -4.31. The summed E-state index contributed by atoms with van der Waals surface area (Å²) < 4.78 is 24.3. The van der Waals surface area contributed by atoms with Crippen molar-refractivity contribution in [2.75, 3.05) is 12.0 Å². The van der Waals surface area contributed by atoms with Crippen LogP contribution in [0, 0.1) is 5.82 Å². The largest absolute Gasteiger partial charge is 0.488 e. The standard InChI is InChI=1S/C26H18BrFN2O6/c1-35-25(33)16-4-9-20(10-5-16)30-24(32)21(23(31)29-26(30)34)13-17-12-18(27)6-11-22(17)36-14-15-2-7-19(28)8-3-15/h2-13H,14H2,1H3,(H,29,31,34)/b21-13+. The lowest BCUT2D eigenvalue weighted by molar-refractivity contribution is -0.122. The highest BCUT2D eigenvalue weighted by molar-refractivity contribution is 9.10. The molecule has 4 amide bonds. The Morgan fingerprint density at radius 2 is 1.72 bits per heavy atom. The normalized spacial score (nSPS) is 14.6. The number of nitrogens with one attached hydrogen (secondary N) is 1. The Balaban J connectivity index is 1.64. The van der Waals surface area contributed by atoms with E-state index in [9.17, 15) is 23.6 Å². The molecule has 4 rings (SSSR count). The summed E-state index contributed by atoms with van der Waals surface area (Å²) in [4.78, 5) is 50.8. The fraction of sp³-hybridized carbons (Fsp3) is 0.0769. The molecule has 0 bridgehead atoms. The second kappa shape index (κ2) is 10.5. The summed E-state index contributed by atoms with van der Waals surface area (Å²) >= 11 is 3.36. The first-order valence-corrected chi connectivity index (χ1v) is 11.3. The number of carbonyl (C=O) groups excluding carboxylic acids is 4. The van der Waals surface area contributed by atoms with E-state index in [4.69, 9.17) is 4.74 Å². The number of benzene rings is 3. The van der Waals surface area contributed by atoms with Crippen molar-refractivity contribution in [3.63, 3.8) is 0 Å². The minimum atomic E-state index is -0.921. The molecule has 1 heterocycles. The minimum Gasteiger partial charge on any atom is -0.488 e. The van der Waals surface area contributed by atoms with E-state index in [0.29, 0.717) is 15.8 Å². The van der Waals surface area contributed by atoms with Crippen LogP contribution in [0.2, 0.25) is 0 Å². The first-order chi connectivity index (χ1) is 17.3. The fourth-order valence-electron chi connectivity index (χ4n) is 3.42.